The Morgan fingerprint density at radius 3 is 2.38 bits per heavy atom. The van der Waals surface area contributed by atoms with Crippen LogP contribution >= 0.6 is 0 Å². The molecule has 4 N–H and O–H groups in total. The Kier molecular flexibility index (Phi) is 5.62. The SMILES string of the molecule is CN(C)C(=C1C(S(N)(=O)=O)=C(C(=O)O)C=CC1Oc1ccccc1)c1ccc[nH]1. The van der Waals surface area contributed by atoms with Gasteiger partial charge in [-0.3, -0.25) is 0 Å². The molecule has 1 aliphatic carbocycles. The summed E-state index contributed by atoms with van der Waals surface area (Å²) in [7, 11) is -0.946. The number of carbonyl (C=O) groups is 1. The number of H-pyrrole nitrogens is 1. The lowest BCUT2D eigenvalue weighted by molar-refractivity contribution is -0.132. The van der Waals surface area contributed by atoms with Gasteiger partial charge in [0.2, 0.25) is 10.0 Å². The van der Waals surface area contributed by atoms with Crippen LogP contribution in [0.2, 0.25) is 0 Å². The fourth-order valence-electron chi connectivity index (χ4n) is 3.20. The lowest BCUT2D eigenvalue weighted by Gasteiger charge is -2.30. The van der Waals surface area contributed by atoms with Crippen LogP contribution in [0.25, 0.3) is 5.70 Å². The number of aromatic amines is 1. The van der Waals surface area contributed by atoms with E-state index in [1.807, 2.05) is 6.07 Å². The second-order valence-electron chi connectivity index (χ2n) is 6.54. The second kappa shape index (κ2) is 7.98. The van der Waals surface area contributed by atoms with Crippen LogP contribution in [-0.4, -0.2) is 49.6 Å². The van der Waals surface area contributed by atoms with Gasteiger partial charge < -0.3 is 19.7 Å². The number of nitrogens with two attached hydrogens (primary N) is 1. The van der Waals surface area contributed by atoms with Crippen LogP contribution in [0.1, 0.15) is 5.69 Å². The monoisotopic (exact) mass is 415 g/mol. The van der Waals surface area contributed by atoms with Gasteiger partial charge in [0.15, 0.2) is 0 Å². The first-order valence-electron chi connectivity index (χ1n) is 8.66. The van der Waals surface area contributed by atoms with Crippen LogP contribution in [0.5, 0.6) is 5.75 Å². The Morgan fingerprint density at radius 1 is 1.17 bits per heavy atom. The molecule has 0 bridgehead atoms. The summed E-state index contributed by atoms with van der Waals surface area (Å²) in [5.41, 5.74) is 0.765. The van der Waals surface area contributed by atoms with Crippen LogP contribution in [0.4, 0.5) is 0 Å². The molecule has 1 aromatic heterocycles. The molecule has 1 atom stereocenters. The maximum Gasteiger partial charge on any atom is 0.337 e. The summed E-state index contributed by atoms with van der Waals surface area (Å²) in [4.78, 5) is 16.0. The molecule has 0 saturated heterocycles. The van der Waals surface area contributed by atoms with Crippen LogP contribution in [0, 0.1) is 0 Å². The van der Waals surface area contributed by atoms with Crippen molar-refractivity contribution in [1.82, 2.24) is 9.88 Å². The third kappa shape index (κ3) is 4.25. The molecular weight excluding hydrogens is 394 g/mol. The van der Waals surface area contributed by atoms with Gasteiger partial charge in [-0.2, -0.15) is 0 Å². The Morgan fingerprint density at radius 2 is 1.86 bits per heavy atom. The molecule has 3 rings (SSSR count). The number of primary sulfonamides is 1. The largest absolute Gasteiger partial charge is 0.481 e. The fourth-order valence-corrected chi connectivity index (χ4v) is 4.18. The van der Waals surface area contributed by atoms with Gasteiger partial charge in [0.05, 0.1) is 17.0 Å². The summed E-state index contributed by atoms with van der Waals surface area (Å²) >= 11 is 0. The topological polar surface area (TPSA) is 126 Å². The summed E-state index contributed by atoms with van der Waals surface area (Å²) in [6.45, 7) is 0. The quantitative estimate of drug-likeness (QED) is 0.662. The van der Waals surface area contributed by atoms with E-state index < -0.39 is 32.6 Å². The molecule has 0 saturated carbocycles. The summed E-state index contributed by atoms with van der Waals surface area (Å²) < 4.78 is 31.0. The number of hydrogen-bond acceptors (Lipinski definition) is 5. The fraction of sp³-hybridized carbons (Fsp3) is 0.150. The van der Waals surface area contributed by atoms with E-state index in [1.54, 1.807) is 61.6 Å². The van der Waals surface area contributed by atoms with Crippen molar-refractivity contribution in [1.29, 1.82) is 0 Å². The van der Waals surface area contributed by atoms with E-state index in [4.69, 9.17) is 9.88 Å². The number of sulfonamides is 1. The number of nitrogens with one attached hydrogen (secondary N) is 1. The first kappa shape index (κ1) is 20.4. The third-order valence-electron chi connectivity index (χ3n) is 4.29. The van der Waals surface area contributed by atoms with Crippen molar-refractivity contribution in [2.45, 2.75) is 6.10 Å². The van der Waals surface area contributed by atoms with E-state index >= 15 is 0 Å². The predicted molar refractivity (Wildman–Crippen MR) is 109 cm³/mol. The molecule has 1 unspecified atom stereocenters. The van der Waals surface area contributed by atoms with Crippen molar-refractivity contribution in [3.8, 4) is 5.75 Å². The average molecular weight is 415 g/mol. The van der Waals surface area contributed by atoms with Crippen LogP contribution in [0.3, 0.4) is 0 Å². The summed E-state index contributed by atoms with van der Waals surface area (Å²) in [5, 5.41) is 15.1. The maximum atomic E-state index is 12.5. The van der Waals surface area contributed by atoms with Crippen LogP contribution < -0.4 is 9.88 Å². The van der Waals surface area contributed by atoms with E-state index in [0.717, 1.165) is 0 Å². The van der Waals surface area contributed by atoms with Crippen LogP contribution in [0.15, 0.2) is 76.9 Å². The zero-order valence-corrected chi connectivity index (χ0v) is 16.7. The Hall–Kier alpha value is -3.30. The molecule has 152 valence electrons. The van der Waals surface area contributed by atoms with E-state index in [1.165, 1.54) is 12.2 Å². The van der Waals surface area contributed by atoms with Crippen molar-refractivity contribution >= 4 is 21.7 Å². The van der Waals surface area contributed by atoms with E-state index in [0.29, 0.717) is 17.1 Å². The minimum absolute atomic E-state index is 0.142. The van der Waals surface area contributed by atoms with Crippen molar-refractivity contribution < 1.29 is 23.1 Å². The lowest BCUT2D eigenvalue weighted by atomic mass is 9.95. The number of hydrogen-bond donors (Lipinski definition) is 3. The number of carboxylic acid groups (broad SMARTS) is 1. The third-order valence-corrected chi connectivity index (χ3v) is 5.30. The van der Waals surface area contributed by atoms with E-state index in [2.05, 4.69) is 4.98 Å². The van der Waals surface area contributed by atoms with Crippen molar-refractivity contribution in [2.75, 3.05) is 14.1 Å². The summed E-state index contributed by atoms with van der Waals surface area (Å²) in [6.07, 6.45) is 3.52. The van der Waals surface area contributed by atoms with E-state index in [9.17, 15) is 18.3 Å². The number of nitrogens with zero attached hydrogens (tertiary/aromatic N) is 1. The highest BCUT2D eigenvalue weighted by atomic mass is 32.2. The first-order valence-corrected chi connectivity index (χ1v) is 10.2. The number of rotatable bonds is 6. The van der Waals surface area contributed by atoms with Gasteiger partial charge in [0.1, 0.15) is 16.8 Å². The zero-order chi connectivity index (χ0) is 21.2. The lowest BCUT2D eigenvalue weighted by Crippen LogP contribution is -2.32. The molecule has 2 aromatic rings. The standard InChI is InChI=1S/C20H21N3O5S/c1-23(2)18(15-9-6-12-22-15)17-16(28-13-7-4-3-5-8-13)11-10-14(20(24)25)19(17)29(21,26)27/h3-12,16,22H,1-2H3,(H,24,25)(H2,21,26,27). The van der Waals surface area contributed by atoms with Gasteiger partial charge in [-0.25, -0.2) is 18.4 Å². The highest BCUT2D eigenvalue weighted by Gasteiger charge is 2.36. The molecule has 1 aromatic carbocycles. The molecular formula is C20H21N3O5S. The minimum atomic E-state index is -4.39. The molecule has 0 amide bonds. The van der Waals surface area contributed by atoms with E-state index in [-0.39, 0.29) is 5.57 Å². The minimum Gasteiger partial charge on any atom is -0.481 e. The molecule has 0 fully saturated rings. The van der Waals surface area contributed by atoms with Gasteiger partial charge in [-0.1, -0.05) is 18.2 Å². The summed E-state index contributed by atoms with van der Waals surface area (Å²) in [5.74, 6) is -0.901. The van der Waals surface area contributed by atoms with Gasteiger partial charge >= 0.3 is 5.97 Å². The van der Waals surface area contributed by atoms with Gasteiger partial charge in [-0.15, -0.1) is 0 Å². The second-order valence-corrected chi connectivity index (χ2v) is 8.04. The van der Waals surface area contributed by atoms with Crippen molar-refractivity contribution in [3.05, 3.63) is 82.6 Å². The number of ether oxygens (including phenoxy) is 1. The number of para-hydroxylation sites is 1. The number of carboxylic acids is 1. The smallest absolute Gasteiger partial charge is 0.337 e. The molecule has 1 aliphatic rings. The highest BCUT2D eigenvalue weighted by Crippen LogP contribution is 2.37. The molecule has 8 nitrogen and oxygen atoms in total. The molecule has 29 heavy (non-hydrogen) atoms. The molecule has 0 radical (unpaired) electrons. The maximum absolute atomic E-state index is 12.5. The Bertz CT molecular complexity index is 1100. The normalized spacial score (nSPS) is 18.5. The summed E-state index contributed by atoms with van der Waals surface area (Å²) in [6, 6.07) is 12.3. The predicted octanol–water partition coefficient (Wildman–Crippen LogP) is 1.93. The van der Waals surface area contributed by atoms with Crippen LogP contribution in [-0.2, 0) is 14.8 Å². The molecule has 1 heterocycles. The zero-order valence-electron chi connectivity index (χ0n) is 15.9. The Balaban J connectivity index is 2.33. The van der Waals surface area contributed by atoms with Gasteiger partial charge in [0, 0.05) is 25.9 Å². The molecule has 9 heteroatoms. The number of aromatic nitrogens is 1. The molecule has 0 spiro atoms. The highest BCUT2D eigenvalue weighted by molar-refractivity contribution is 7.93. The van der Waals surface area contributed by atoms with Gasteiger partial charge in [0.25, 0.3) is 0 Å². The first-order chi connectivity index (χ1) is 13.7. The van der Waals surface area contributed by atoms with Gasteiger partial charge in [-0.05, 0) is 36.4 Å². The number of aliphatic carboxylic acids is 1. The molecule has 0 aliphatic heterocycles. The van der Waals surface area contributed by atoms with Crippen molar-refractivity contribution in [3.63, 3.8) is 0 Å². The Labute approximate surface area is 168 Å². The number of benzene rings is 1. The van der Waals surface area contributed by atoms with Crippen molar-refractivity contribution in [2.24, 2.45) is 5.14 Å². The average Bonchev–Trinajstić information content (AvgIpc) is 3.16.